The molecule has 1 heterocycles. The molecule has 1 aromatic rings. The number of carbonyl (C=O) groups excluding carboxylic acids is 1. The summed E-state index contributed by atoms with van der Waals surface area (Å²) in [5, 5.41) is 12.1. The van der Waals surface area contributed by atoms with Crippen LogP contribution in [0, 0.1) is 0 Å². The van der Waals surface area contributed by atoms with E-state index in [1.807, 2.05) is 6.07 Å². The van der Waals surface area contributed by atoms with E-state index in [0.717, 1.165) is 17.7 Å². The standard InChI is InChI=1S/C10H12N2O2/c11-10(14)7-2-1-6-3-8(5-13)12-9(6)4-7/h1-2,4,8,12-13H,3,5H2,(H2,11,14)/t8-/m1/s1. The van der Waals surface area contributed by atoms with E-state index in [9.17, 15) is 4.79 Å². The van der Waals surface area contributed by atoms with E-state index in [0.29, 0.717) is 5.56 Å². The molecule has 4 nitrogen and oxygen atoms in total. The largest absolute Gasteiger partial charge is 0.394 e. The van der Waals surface area contributed by atoms with Crippen molar-refractivity contribution in [2.75, 3.05) is 11.9 Å². The Bertz CT molecular complexity index is 376. The summed E-state index contributed by atoms with van der Waals surface area (Å²) in [7, 11) is 0. The summed E-state index contributed by atoms with van der Waals surface area (Å²) in [6.07, 6.45) is 0.797. The number of hydrogen-bond donors (Lipinski definition) is 3. The summed E-state index contributed by atoms with van der Waals surface area (Å²) >= 11 is 0. The summed E-state index contributed by atoms with van der Waals surface area (Å²) in [6, 6.07) is 5.38. The van der Waals surface area contributed by atoms with Gasteiger partial charge in [0.2, 0.25) is 5.91 Å². The highest BCUT2D eigenvalue weighted by molar-refractivity contribution is 5.94. The highest BCUT2D eigenvalue weighted by Crippen LogP contribution is 2.26. The van der Waals surface area contributed by atoms with Crippen molar-refractivity contribution in [3.05, 3.63) is 29.3 Å². The van der Waals surface area contributed by atoms with E-state index in [2.05, 4.69) is 5.32 Å². The van der Waals surface area contributed by atoms with Crippen LogP contribution in [0.5, 0.6) is 0 Å². The normalized spacial score (nSPS) is 18.8. The van der Waals surface area contributed by atoms with Crippen molar-refractivity contribution in [3.63, 3.8) is 0 Å². The van der Waals surface area contributed by atoms with Crippen molar-refractivity contribution in [1.29, 1.82) is 0 Å². The maximum absolute atomic E-state index is 10.9. The van der Waals surface area contributed by atoms with Gasteiger partial charge in [-0.15, -0.1) is 0 Å². The molecule has 14 heavy (non-hydrogen) atoms. The Morgan fingerprint density at radius 1 is 1.64 bits per heavy atom. The van der Waals surface area contributed by atoms with Crippen LogP contribution in [0.25, 0.3) is 0 Å². The fraction of sp³-hybridized carbons (Fsp3) is 0.300. The summed E-state index contributed by atoms with van der Waals surface area (Å²) in [6.45, 7) is 0.0978. The minimum Gasteiger partial charge on any atom is -0.394 e. The van der Waals surface area contributed by atoms with Crippen LogP contribution in [0.2, 0.25) is 0 Å². The quantitative estimate of drug-likeness (QED) is 0.622. The Morgan fingerprint density at radius 3 is 3.07 bits per heavy atom. The highest BCUT2D eigenvalue weighted by Gasteiger charge is 2.20. The Kier molecular flexibility index (Phi) is 2.13. The molecule has 2 rings (SSSR count). The molecule has 74 valence electrons. The minimum absolute atomic E-state index is 0.0631. The number of rotatable bonds is 2. The Labute approximate surface area is 81.7 Å². The molecule has 0 bridgehead atoms. The molecule has 4 N–H and O–H groups in total. The number of hydrogen-bond acceptors (Lipinski definition) is 3. The topological polar surface area (TPSA) is 75.4 Å². The molecule has 1 amide bonds. The van der Waals surface area contributed by atoms with Crippen molar-refractivity contribution in [3.8, 4) is 0 Å². The third-order valence-electron chi connectivity index (χ3n) is 2.44. The van der Waals surface area contributed by atoms with E-state index in [4.69, 9.17) is 10.8 Å². The molecule has 0 saturated carbocycles. The maximum atomic E-state index is 10.9. The average molecular weight is 192 g/mol. The van der Waals surface area contributed by atoms with Gasteiger partial charge in [-0.25, -0.2) is 0 Å². The van der Waals surface area contributed by atoms with Crippen molar-refractivity contribution < 1.29 is 9.90 Å². The van der Waals surface area contributed by atoms with Crippen LogP contribution in [-0.2, 0) is 6.42 Å². The van der Waals surface area contributed by atoms with Gasteiger partial charge in [0.15, 0.2) is 0 Å². The third-order valence-corrected chi connectivity index (χ3v) is 2.44. The van der Waals surface area contributed by atoms with Crippen molar-refractivity contribution in [2.24, 2.45) is 5.73 Å². The number of nitrogens with two attached hydrogens (primary N) is 1. The SMILES string of the molecule is NC(=O)c1ccc2c(c1)N[C@@H](CO)C2. The minimum atomic E-state index is -0.429. The number of benzene rings is 1. The van der Waals surface area contributed by atoms with Crippen molar-refractivity contribution in [1.82, 2.24) is 0 Å². The van der Waals surface area contributed by atoms with Gasteiger partial charge in [0.1, 0.15) is 0 Å². The van der Waals surface area contributed by atoms with Gasteiger partial charge in [0, 0.05) is 11.3 Å². The summed E-state index contributed by atoms with van der Waals surface area (Å²) in [4.78, 5) is 10.9. The lowest BCUT2D eigenvalue weighted by atomic mass is 10.1. The Balaban J connectivity index is 2.31. The van der Waals surface area contributed by atoms with Crippen LogP contribution in [0.4, 0.5) is 5.69 Å². The smallest absolute Gasteiger partial charge is 0.248 e. The van der Waals surface area contributed by atoms with Crippen molar-refractivity contribution >= 4 is 11.6 Å². The first-order valence-electron chi connectivity index (χ1n) is 4.51. The van der Waals surface area contributed by atoms with Crippen LogP contribution >= 0.6 is 0 Å². The number of aliphatic hydroxyl groups excluding tert-OH is 1. The lowest BCUT2D eigenvalue weighted by Gasteiger charge is -2.05. The van der Waals surface area contributed by atoms with Gasteiger partial charge in [-0.3, -0.25) is 4.79 Å². The van der Waals surface area contributed by atoms with Gasteiger partial charge in [0.05, 0.1) is 12.6 Å². The zero-order chi connectivity index (χ0) is 10.1. The van der Waals surface area contributed by atoms with E-state index in [-0.39, 0.29) is 12.6 Å². The summed E-state index contributed by atoms with van der Waals surface area (Å²) in [5.74, 6) is -0.429. The molecular formula is C10H12N2O2. The Hall–Kier alpha value is -1.55. The molecule has 0 radical (unpaired) electrons. The number of fused-ring (bicyclic) bond motifs is 1. The number of nitrogens with one attached hydrogen (secondary N) is 1. The number of amides is 1. The van der Waals surface area contributed by atoms with Crippen molar-refractivity contribution in [2.45, 2.75) is 12.5 Å². The van der Waals surface area contributed by atoms with Gasteiger partial charge >= 0.3 is 0 Å². The van der Waals surface area contributed by atoms with Crippen LogP contribution in [0.3, 0.4) is 0 Å². The molecule has 1 atom stereocenters. The molecule has 0 spiro atoms. The fourth-order valence-electron chi connectivity index (χ4n) is 1.69. The van der Waals surface area contributed by atoms with Crippen LogP contribution < -0.4 is 11.1 Å². The monoisotopic (exact) mass is 192 g/mol. The second kappa shape index (κ2) is 3.31. The van der Waals surface area contributed by atoms with Gasteiger partial charge in [0.25, 0.3) is 0 Å². The molecule has 0 fully saturated rings. The number of carbonyl (C=O) groups is 1. The van der Waals surface area contributed by atoms with Crippen LogP contribution in [0.15, 0.2) is 18.2 Å². The zero-order valence-electron chi connectivity index (χ0n) is 7.66. The lowest BCUT2D eigenvalue weighted by molar-refractivity contribution is 0.100. The van der Waals surface area contributed by atoms with Crippen LogP contribution in [-0.4, -0.2) is 23.7 Å². The molecule has 0 saturated heterocycles. The summed E-state index contributed by atoms with van der Waals surface area (Å²) in [5.41, 5.74) is 7.68. The second-order valence-corrected chi connectivity index (χ2v) is 3.46. The molecule has 1 aliphatic rings. The summed E-state index contributed by atoms with van der Waals surface area (Å²) < 4.78 is 0. The molecule has 0 aliphatic carbocycles. The Morgan fingerprint density at radius 2 is 2.43 bits per heavy atom. The predicted octanol–water partition coefficient (Wildman–Crippen LogP) is 0.114. The van der Waals surface area contributed by atoms with Crippen LogP contribution in [0.1, 0.15) is 15.9 Å². The first kappa shape index (κ1) is 9.02. The molecule has 0 aromatic heterocycles. The van der Waals surface area contributed by atoms with E-state index < -0.39 is 5.91 Å². The first-order chi connectivity index (χ1) is 6.70. The molecule has 1 aliphatic heterocycles. The molecule has 4 heteroatoms. The molecule has 1 aromatic carbocycles. The van der Waals surface area contributed by atoms with Gasteiger partial charge in [-0.05, 0) is 24.1 Å². The number of aliphatic hydroxyl groups is 1. The molecule has 0 unspecified atom stereocenters. The maximum Gasteiger partial charge on any atom is 0.248 e. The average Bonchev–Trinajstić information content (AvgIpc) is 2.58. The fourth-order valence-corrected chi connectivity index (χ4v) is 1.69. The molecular weight excluding hydrogens is 180 g/mol. The second-order valence-electron chi connectivity index (χ2n) is 3.46. The van der Waals surface area contributed by atoms with E-state index in [1.165, 1.54) is 0 Å². The highest BCUT2D eigenvalue weighted by atomic mass is 16.3. The van der Waals surface area contributed by atoms with Gasteiger partial charge < -0.3 is 16.2 Å². The van der Waals surface area contributed by atoms with Gasteiger partial charge in [-0.1, -0.05) is 6.07 Å². The first-order valence-corrected chi connectivity index (χ1v) is 4.51. The van der Waals surface area contributed by atoms with E-state index in [1.54, 1.807) is 12.1 Å². The predicted molar refractivity (Wildman–Crippen MR) is 53.2 cm³/mol. The van der Waals surface area contributed by atoms with Gasteiger partial charge in [-0.2, -0.15) is 0 Å². The number of primary amides is 1. The zero-order valence-corrected chi connectivity index (χ0v) is 7.66. The lowest BCUT2D eigenvalue weighted by Crippen LogP contribution is -2.19. The number of anilines is 1. The van der Waals surface area contributed by atoms with E-state index >= 15 is 0 Å². The third kappa shape index (κ3) is 1.44.